The predicted octanol–water partition coefficient (Wildman–Crippen LogP) is 2.03. The van der Waals surface area contributed by atoms with Crippen LogP contribution in [0.5, 0.6) is 0 Å². The maximum Gasteiger partial charge on any atom is 0.251 e. The lowest BCUT2D eigenvalue weighted by molar-refractivity contribution is 0.0951. The molecule has 1 aliphatic carbocycles. The van der Waals surface area contributed by atoms with Crippen LogP contribution in [0.25, 0.3) is 0 Å². The number of hydrogen-bond acceptors (Lipinski definition) is 2. The minimum atomic E-state index is -0.367. The molecule has 2 rings (SSSR count). The molecule has 0 atom stereocenters. The fourth-order valence-electron chi connectivity index (χ4n) is 1.67. The molecule has 1 aliphatic rings. The number of hydrogen-bond donors (Lipinski definition) is 1. The fraction of sp³-hybridized carbons (Fsp3) is 0.462. The summed E-state index contributed by atoms with van der Waals surface area (Å²) >= 11 is 0. The number of benzene rings is 1. The SMILES string of the molecule is CN(C)c1ccc(C(=O)NCC2CC2)cc1F. The Morgan fingerprint density at radius 2 is 2.18 bits per heavy atom. The van der Waals surface area contributed by atoms with Gasteiger partial charge in [-0.2, -0.15) is 0 Å². The Morgan fingerprint density at radius 1 is 1.47 bits per heavy atom. The van der Waals surface area contributed by atoms with Crippen molar-refractivity contribution < 1.29 is 9.18 Å². The quantitative estimate of drug-likeness (QED) is 0.867. The van der Waals surface area contributed by atoms with Crippen molar-refractivity contribution >= 4 is 11.6 Å². The van der Waals surface area contributed by atoms with Gasteiger partial charge in [0.15, 0.2) is 0 Å². The summed E-state index contributed by atoms with van der Waals surface area (Å²) in [6.45, 7) is 0.704. The van der Waals surface area contributed by atoms with Gasteiger partial charge in [0.05, 0.1) is 5.69 Å². The summed E-state index contributed by atoms with van der Waals surface area (Å²) in [7, 11) is 3.54. The minimum Gasteiger partial charge on any atom is -0.375 e. The lowest BCUT2D eigenvalue weighted by atomic mass is 10.1. The maximum atomic E-state index is 13.7. The van der Waals surface area contributed by atoms with Crippen LogP contribution < -0.4 is 10.2 Å². The highest BCUT2D eigenvalue weighted by Gasteiger charge is 2.22. The number of nitrogens with one attached hydrogen (secondary N) is 1. The van der Waals surface area contributed by atoms with E-state index in [1.54, 1.807) is 31.1 Å². The predicted molar refractivity (Wildman–Crippen MR) is 65.8 cm³/mol. The summed E-state index contributed by atoms with van der Waals surface area (Å²) in [5, 5.41) is 2.82. The van der Waals surface area contributed by atoms with Crippen LogP contribution in [0, 0.1) is 11.7 Å². The second-order valence-corrected chi connectivity index (χ2v) is 4.71. The summed E-state index contributed by atoms with van der Waals surface area (Å²) in [6, 6.07) is 4.57. The summed E-state index contributed by atoms with van der Waals surface area (Å²) < 4.78 is 13.7. The molecule has 0 aliphatic heterocycles. The first-order valence-electron chi connectivity index (χ1n) is 5.83. The summed E-state index contributed by atoms with van der Waals surface area (Å²) in [6.07, 6.45) is 2.38. The summed E-state index contributed by atoms with van der Waals surface area (Å²) in [4.78, 5) is 13.4. The van der Waals surface area contributed by atoms with Crippen LogP contribution in [0.1, 0.15) is 23.2 Å². The number of rotatable bonds is 4. The van der Waals surface area contributed by atoms with Gasteiger partial charge in [-0.15, -0.1) is 0 Å². The first-order chi connectivity index (χ1) is 8.08. The smallest absolute Gasteiger partial charge is 0.251 e. The van der Waals surface area contributed by atoms with Gasteiger partial charge in [0, 0.05) is 26.2 Å². The van der Waals surface area contributed by atoms with E-state index in [1.165, 1.54) is 18.9 Å². The molecule has 92 valence electrons. The van der Waals surface area contributed by atoms with E-state index in [0.717, 1.165) is 0 Å². The van der Waals surface area contributed by atoms with Crippen LogP contribution in [-0.2, 0) is 0 Å². The van der Waals surface area contributed by atoms with Gasteiger partial charge in [-0.1, -0.05) is 0 Å². The Hall–Kier alpha value is -1.58. The van der Waals surface area contributed by atoms with Gasteiger partial charge >= 0.3 is 0 Å². The van der Waals surface area contributed by atoms with E-state index < -0.39 is 0 Å². The van der Waals surface area contributed by atoms with Gasteiger partial charge in [0.25, 0.3) is 5.91 Å². The Labute approximate surface area is 101 Å². The van der Waals surface area contributed by atoms with E-state index in [4.69, 9.17) is 0 Å². The largest absolute Gasteiger partial charge is 0.375 e. The zero-order chi connectivity index (χ0) is 12.4. The molecule has 1 aromatic rings. The number of nitrogens with zero attached hydrogens (tertiary/aromatic N) is 1. The third kappa shape index (κ3) is 2.96. The van der Waals surface area contributed by atoms with E-state index in [9.17, 15) is 9.18 Å². The molecule has 3 nitrogen and oxygen atoms in total. The van der Waals surface area contributed by atoms with Crippen LogP contribution in [0.4, 0.5) is 10.1 Å². The lowest BCUT2D eigenvalue weighted by Gasteiger charge is -2.14. The van der Waals surface area contributed by atoms with Gasteiger partial charge in [-0.05, 0) is 37.0 Å². The van der Waals surface area contributed by atoms with E-state index in [2.05, 4.69) is 5.32 Å². The van der Waals surface area contributed by atoms with E-state index in [1.807, 2.05) is 0 Å². The van der Waals surface area contributed by atoms with Crippen molar-refractivity contribution in [2.45, 2.75) is 12.8 Å². The van der Waals surface area contributed by atoms with Crippen molar-refractivity contribution in [2.75, 3.05) is 25.5 Å². The third-order valence-electron chi connectivity index (χ3n) is 2.94. The summed E-state index contributed by atoms with van der Waals surface area (Å²) in [5.74, 6) is 0.0695. The zero-order valence-corrected chi connectivity index (χ0v) is 10.2. The molecular weight excluding hydrogens is 219 g/mol. The van der Waals surface area contributed by atoms with Crippen LogP contribution >= 0.6 is 0 Å². The Bertz CT molecular complexity index is 427. The molecular formula is C13H17FN2O. The number of halogens is 1. The standard InChI is InChI=1S/C13H17FN2O/c1-16(2)12-6-5-10(7-11(12)14)13(17)15-8-9-3-4-9/h5-7,9H,3-4,8H2,1-2H3,(H,15,17). The van der Waals surface area contributed by atoms with Crippen LogP contribution in [-0.4, -0.2) is 26.5 Å². The monoisotopic (exact) mass is 236 g/mol. The molecule has 0 saturated heterocycles. The van der Waals surface area contributed by atoms with Crippen molar-refractivity contribution in [2.24, 2.45) is 5.92 Å². The molecule has 17 heavy (non-hydrogen) atoms. The maximum absolute atomic E-state index is 13.7. The van der Waals surface area contributed by atoms with Gasteiger partial charge < -0.3 is 10.2 Å². The molecule has 1 amide bonds. The van der Waals surface area contributed by atoms with Crippen molar-refractivity contribution in [3.63, 3.8) is 0 Å². The average Bonchev–Trinajstić information content (AvgIpc) is 3.09. The highest BCUT2D eigenvalue weighted by atomic mass is 19.1. The molecule has 1 fully saturated rings. The molecule has 0 radical (unpaired) electrons. The molecule has 0 aromatic heterocycles. The van der Waals surface area contributed by atoms with Crippen LogP contribution in [0.15, 0.2) is 18.2 Å². The van der Waals surface area contributed by atoms with Crippen molar-refractivity contribution in [3.05, 3.63) is 29.6 Å². The van der Waals surface area contributed by atoms with Crippen molar-refractivity contribution in [3.8, 4) is 0 Å². The average molecular weight is 236 g/mol. The Morgan fingerprint density at radius 3 is 2.71 bits per heavy atom. The molecule has 1 aromatic carbocycles. The Kier molecular flexibility index (Phi) is 3.31. The Balaban J connectivity index is 2.04. The van der Waals surface area contributed by atoms with Gasteiger partial charge in [0.2, 0.25) is 0 Å². The topological polar surface area (TPSA) is 32.3 Å². The second-order valence-electron chi connectivity index (χ2n) is 4.71. The zero-order valence-electron chi connectivity index (χ0n) is 10.2. The highest BCUT2D eigenvalue weighted by molar-refractivity contribution is 5.94. The normalized spacial score (nSPS) is 14.5. The second kappa shape index (κ2) is 4.73. The van der Waals surface area contributed by atoms with Crippen LogP contribution in [0.3, 0.4) is 0 Å². The van der Waals surface area contributed by atoms with Gasteiger partial charge in [-0.3, -0.25) is 4.79 Å². The molecule has 0 unspecified atom stereocenters. The molecule has 1 N–H and O–H groups in total. The first-order valence-corrected chi connectivity index (χ1v) is 5.83. The van der Waals surface area contributed by atoms with E-state index in [0.29, 0.717) is 23.7 Å². The van der Waals surface area contributed by atoms with Crippen LogP contribution in [0.2, 0.25) is 0 Å². The molecule has 0 heterocycles. The fourth-order valence-corrected chi connectivity index (χ4v) is 1.67. The first kappa shape index (κ1) is 11.9. The van der Waals surface area contributed by atoms with Gasteiger partial charge in [-0.25, -0.2) is 4.39 Å². The number of anilines is 1. The minimum absolute atomic E-state index is 0.193. The molecule has 1 saturated carbocycles. The number of carbonyl (C=O) groups is 1. The van der Waals surface area contributed by atoms with Gasteiger partial charge in [0.1, 0.15) is 5.82 Å². The lowest BCUT2D eigenvalue weighted by Crippen LogP contribution is -2.25. The van der Waals surface area contributed by atoms with Crippen molar-refractivity contribution in [1.29, 1.82) is 0 Å². The third-order valence-corrected chi connectivity index (χ3v) is 2.94. The highest BCUT2D eigenvalue weighted by Crippen LogP contribution is 2.27. The number of carbonyl (C=O) groups excluding carboxylic acids is 1. The number of amides is 1. The molecule has 4 heteroatoms. The van der Waals surface area contributed by atoms with Crippen molar-refractivity contribution in [1.82, 2.24) is 5.32 Å². The molecule has 0 spiro atoms. The summed E-state index contributed by atoms with van der Waals surface area (Å²) in [5.41, 5.74) is 0.873. The van der Waals surface area contributed by atoms with E-state index >= 15 is 0 Å². The molecule has 0 bridgehead atoms. The van der Waals surface area contributed by atoms with E-state index in [-0.39, 0.29) is 11.7 Å².